The summed E-state index contributed by atoms with van der Waals surface area (Å²) in [6, 6.07) is 11.7. The Labute approximate surface area is 177 Å². The van der Waals surface area contributed by atoms with Crippen molar-refractivity contribution >= 4 is 33.0 Å². The van der Waals surface area contributed by atoms with Gasteiger partial charge in [0.25, 0.3) is 0 Å². The molecule has 1 heterocycles. The maximum atomic E-state index is 13.0. The summed E-state index contributed by atoms with van der Waals surface area (Å²) in [6.07, 6.45) is 0.455. The molecule has 2 amide bonds. The van der Waals surface area contributed by atoms with E-state index in [2.05, 4.69) is 5.32 Å². The standard InChI is InChI=1S/C22H26N2O5S/c1-4-29-19-7-5-18(6-8-19)23-22(26)13-15(2)30(27,28)20-9-10-21-17(14-20)11-12-24(21)16(3)25/h5-10,14-15H,4,11-13H2,1-3H3,(H,23,26). The highest BCUT2D eigenvalue weighted by Gasteiger charge is 2.29. The minimum absolute atomic E-state index is 0.0660. The van der Waals surface area contributed by atoms with Crippen LogP contribution < -0.4 is 15.0 Å². The van der Waals surface area contributed by atoms with Crippen molar-refractivity contribution in [2.45, 2.75) is 43.8 Å². The number of hydrogen-bond acceptors (Lipinski definition) is 5. The predicted molar refractivity (Wildman–Crippen MR) is 116 cm³/mol. The lowest BCUT2D eigenvalue weighted by atomic mass is 10.2. The van der Waals surface area contributed by atoms with Gasteiger partial charge in [0.05, 0.1) is 16.8 Å². The van der Waals surface area contributed by atoms with Gasteiger partial charge in [0.15, 0.2) is 9.84 Å². The molecule has 0 saturated heterocycles. The second-order valence-corrected chi connectivity index (χ2v) is 9.64. The Kier molecular flexibility index (Phi) is 6.45. The van der Waals surface area contributed by atoms with Crippen molar-refractivity contribution in [1.29, 1.82) is 0 Å². The van der Waals surface area contributed by atoms with Gasteiger partial charge in [-0.05, 0) is 68.3 Å². The van der Waals surface area contributed by atoms with Gasteiger partial charge in [0, 0.05) is 31.3 Å². The van der Waals surface area contributed by atoms with Crippen LogP contribution in [0.5, 0.6) is 5.75 Å². The number of hydrogen-bond donors (Lipinski definition) is 1. The monoisotopic (exact) mass is 430 g/mol. The Morgan fingerprint density at radius 3 is 2.50 bits per heavy atom. The highest BCUT2D eigenvalue weighted by atomic mass is 32.2. The molecule has 0 aromatic heterocycles. The van der Waals surface area contributed by atoms with E-state index in [4.69, 9.17) is 4.74 Å². The Morgan fingerprint density at radius 2 is 1.87 bits per heavy atom. The normalized spacial score (nSPS) is 14.2. The zero-order valence-electron chi connectivity index (χ0n) is 17.3. The van der Waals surface area contributed by atoms with Crippen LogP contribution in [-0.4, -0.2) is 38.6 Å². The number of ether oxygens (including phenoxy) is 1. The largest absolute Gasteiger partial charge is 0.494 e. The number of fused-ring (bicyclic) bond motifs is 1. The van der Waals surface area contributed by atoms with Crippen molar-refractivity contribution in [3.8, 4) is 5.75 Å². The van der Waals surface area contributed by atoms with Crippen LogP contribution in [0.15, 0.2) is 47.4 Å². The van der Waals surface area contributed by atoms with Crippen molar-refractivity contribution < 1.29 is 22.7 Å². The van der Waals surface area contributed by atoms with Crippen LogP contribution in [0.2, 0.25) is 0 Å². The molecule has 2 aromatic carbocycles. The zero-order chi connectivity index (χ0) is 21.9. The van der Waals surface area contributed by atoms with Gasteiger partial charge in [0.1, 0.15) is 5.75 Å². The maximum Gasteiger partial charge on any atom is 0.225 e. The van der Waals surface area contributed by atoms with Crippen molar-refractivity contribution in [1.82, 2.24) is 0 Å². The van der Waals surface area contributed by atoms with E-state index < -0.39 is 15.1 Å². The Bertz CT molecular complexity index is 1050. The molecule has 1 N–H and O–H groups in total. The molecule has 1 atom stereocenters. The van der Waals surface area contributed by atoms with E-state index in [-0.39, 0.29) is 23.1 Å². The smallest absolute Gasteiger partial charge is 0.225 e. The van der Waals surface area contributed by atoms with E-state index in [0.29, 0.717) is 31.0 Å². The Hall–Kier alpha value is -2.87. The lowest BCUT2D eigenvalue weighted by Gasteiger charge is -2.16. The summed E-state index contributed by atoms with van der Waals surface area (Å²) in [6.45, 7) is 6.01. The van der Waals surface area contributed by atoms with Gasteiger partial charge in [-0.3, -0.25) is 9.59 Å². The summed E-state index contributed by atoms with van der Waals surface area (Å²) in [5, 5.41) is 1.84. The molecule has 30 heavy (non-hydrogen) atoms. The molecule has 1 aliphatic rings. The minimum atomic E-state index is -3.68. The molecule has 3 rings (SSSR count). The van der Waals surface area contributed by atoms with Gasteiger partial charge in [-0.25, -0.2) is 8.42 Å². The van der Waals surface area contributed by atoms with E-state index in [1.807, 2.05) is 6.92 Å². The summed E-state index contributed by atoms with van der Waals surface area (Å²) >= 11 is 0. The van der Waals surface area contributed by atoms with Crippen LogP contribution in [0.4, 0.5) is 11.4 Å². The number of sulfone groups is 1. The van der Waals surface area contributed by atoms with Crippen LogP contribution in [0.25, 0.3) is 0 Å². The quantitative estimate of drug-likeness (QED) is 0.728. The second-order valence-electron chi connectivity index (χ2n) is 7.28. The van der Waals surface area contributed by atoms with E-state index >= 15 is 0 Å². The first-order chi connectivity index (χ1) is 14.2. The molecule has 160 valence electrons. The van der Waals surface area contributed by atoms with Gasteiger partial charge < -0.3 is 15.0 Å². The lowest BCUT2D eigenvalue weighted by molar-refractivity contribution is -0.117. The number of benzene rings is 2. The Morgan fingerprint density at radius 1 is 1.17 bits per heavy atom. The van der Waals surface area contributed by atoms with E-state index in [9.17, 15) is 18.0 Å². The molecular weight excluding hydrogens is 404 g/mol. The number of nitrogens with zero attached hydrogens (tertiary/aromatic N) is 1. The highest BCUT2D eigenvalue weighted by Crippen LogP contribution is 2.31. The summed E-state index contributed by atoms with van der Waals surface area (Å²) in [5.74, 6) is 0.259. The molecule has 0 radical (unpaired) electrons. The second kappa shape index (κ2) is 8.87. The van der Waals surface area contributed by atoms with Gasteiger partial charge in [-0.15, -0.1) is 0 Å². The fourth-order valence-corrected chi connectivity index (χ4v) is 4.90. The predicted octanol–water partition coefficient (Wildman–Crippen LogP) is 3.19. The topological polar surface area (TPSA) is 92.8 Å². The molecule has 0 saturated carbocycles. The van der Waals surface area contributed by atoms with E-state index in [1.165, 1.54) is 19.9 Å². The molecule has 2 aromatic rings. The average molecular weight is 431 g/mol. The number of rotatable bonds is 7. The fraction of sp³-hybridized carbons (Fsp3) is 0.364. The molecule has 1 unspecified atom stereocenters. The SMILES string of the molecule is CCOc1ccc(NC(=O)CC(C)S(=O)(=O)c2ccc3c(c2)CCN3C(C)=O)cc1. The summed E-state index contributed by atoms with van der Waals surface area (Å²) in [4.78, 5) is 25.9. The van der Waals surface area contributed by atoms with Crippen molar-refractivity contribution in [2.24, 2.45) is 0 Å². The Balaban J connectivity index is 1.67. The highest BCUT2D eigenvalue weighted by molar-refractivity contribution is 7.92. The molecule has 7 nitrogen and oxygen atoms in total. The summed E-state index contributed by atoms with van der Waals surface area (Å²) in [7, 11) is -3.68. The molecule has 0 aliphatic carbocycles. The summed E-state index contributed by atoms with van der Waals surface area (Å²) < 4.78 is 31.3. The van der Waals surface area contributed by atoms with Crippen molar-refractivity contribution in [3.63, 3.8) is 0 Å². The maximum absolute atomic E-state index is 13.0. The third-order valence-corrected chi connectivity index (χ3v) is 7.24. The molecule has 0 bridgehead atoms. The number of carbonyl (C=O) groups is 2. The van der Waals surface area contributed by atoms with Crippen LogP contribution in [0, 0.1) is 0 Å². The summed E-state index contributed by atoms with van der Waals surface area (Å²) in [5.41, 5.74) is 2.16. The number of nitrogens with one attached hydrogen (secondary N) is 1. The number of anilines is 2. The minimum Gasteiger partial charge on any atom is -0.494 e. The van der Waals surface area contributed by atoms with E-state index in [1.54, 1.807) is 41.3 Å². The zero-order valence-corrected chi connectivity index (χ0v) is 18.2. The van der Waals surface area contributed by atoms with Gasteiger partial charge in [-0.1, -0.05) is 0 Å². The lowest BCUT2D eigenvalue weighted by Crippen LogP contribution is -2.26. The van der Waals surface area contributed by atoms with Crippen LogP contribution in [0.3, 0.4) is 0 Å². The van der Waals surface area contributed by atoms with Gasteiger partial charge in [0.2, 0.25) is 11.8 Å². The third-order valence-electron chi connectivity index (χ3n) is 5.11. The first-order valence-electron chi connectivity index (χ1n) is 9.90. The average Bonchev–Trinajstić information content (AvgIpc) is 3.13. The molecule has 8 heteroatoms. The van der Waals surface area contributed by atoms with Crippen molar-refractivity contribution in [3.05, 3.63) is 48.0 Å². The number of carbonyl (C=O) groups excluding carboxylic acids is 2. The van der Waals surface area contributed by atoms with Gasteiger partial charge >= 0.3 is 0 Å². The van der Waals surface area contributed by atoms with E-state index in [0.717, 1.165) is 11.3 Å². The van der Waals surface area contributed by atoms with Gasteiger partial charge in [-0.2, -0.15) is 0 Å². The molecule has 0 fully saturated rings. The molecule has 0 spiro atoms. The first-order valence-corrected chi connectivity index (χ1v) is 11.4. The van der Waals surface area contributed by atoms with Crippen LogP contribution in [-0.2, 0) is 25.8 Å². The first kappa shape index (κ1) is 21.8. The van der Waals surface area contributed by atoms with Crippen molar-refractivity contribution in [2.75, 3.05) is 23.4 Å². The molecular formula is C22H26N2O5S. The third kappa shape index (κ3) is 4.64. The molecule has 1 aliphatic heterocycles. The van der Waals surface area contributed by atoms with Crippen LogP contribution >= 0.6 is 0 Å². The number of amides is 2. The van der Waals surface area contributed by atoms with Crippen LogP contribution in [0.1, 0.15) is 32.8 Å². The fourth-order valence-electron chi connectivity index (χ4n) is 3.50.